The van der Waals surface area contributed by atoms with Crippen LogP contribution in [0.4, 0.5) is 0 Å². The molecule has 0 aliphatic carbocycles. The van der Waals surface area contributed by atoms with E-state index < -0.39 is 439 Å². The molecule has 11 aliphatic heterocycles. The van der Waals surface area contributed by atoms with Gasteiger partial charge in [0, 0.05) is 41.5 Å². The summed E-state index contributed by atoms with van der Waals surface area (Å²) in [5, 5.41) is 333. The molecule has 61 heteroatoms. The minimum atomic E-state index is -2.73. The van der Waals surface area contributed by atoms with Gasteiger partial charge in [-0.15, -0.1) is 0 Å². The summed E-state index contributed by atoms with van der Waals surface area (Å²) in [6.45, 7) is -4.84. The summed E-state index contributed by atoms with van der Waals surface area (Å²) in [6, 6.07) is -11.4. The molecule has 0 aromatic carbocycles. The van der Waals surface area contributed by atoms with Gasteiger partial charge in [-0.25, -0.2) is 0 Å². The zero-order valence-corrected chi connectivity index (χ0v) is 75.4. The van der Waals surface area contributed by atoms with Crippen LogP contribution in [0.3, 0.4) is 0 Å². The van der Waals surface area contributed by atoms with Crippen molar-refractivity contribution < 1.29 is 271 Å². The lowest BCUT2D eigenvalue weighted by Crippen LogP contribution is -2.71. The normalized spacial score (nSPS) is 48.3. The molecular formula is C78H130N6O55. The summed E-state index contributed by atoms with van der Waals surface area (Å²) in [6.07, 6.45) is -105. The van der Waals surface area contributed by atoms with Crippen molar-refractivity contribution in [2.75, 3.05) is 66.1 Å². The zero-order valence-electron chi connectivity index (χ0n) is 75.4. The Balaban J connectivity index is 0.995. The second-order valence-electron chi connectivity index (χ2n) is 35.3. The topological polar surface area (TPSA) is 935 Å². The molecule has 139 heavy (non-hydrogen) atoms. The molecule has 55 atom stereocenters. The lowest BCUT2D eigenvalue weighted by atomic mass is 9.93. The highest BCUT2D eigenvalue weighted by atomic mass is 16.8. The van der Waals surface area contributed by atoms with Crippen LogP contribution < -0.4 is 31.9 Å². The molecule has 0 spiro atoms. The van der Waals surface area contributed by atoms with E-state index in [1.807, 2.05) is 0 Å². The SMILES string of the molecule is CC(=O)N[C@@H]1[C@@H](O)[C@H](O[C@@H]2O[C@H](CO)[C@@H](O[C@@H]3O[C@H](CO[C@H]4O[C@H](CO[C@@H]5O[C@H](CO)[C@@H](O)[C@H](O)[C@H]5NC(C)=O)[C@@H](O)[C@H](O)[C@@H]4O[C@@H]4O[C@H](CO)[C@@H](O[C@@H]5O[C@H](CO)[C@H](O)[C@H](O)[C@H]5O[C@@H]5O[C@@H](C)[C@@H](O)[C@@H](O)[C@@H]5O)[C@H](O)[C@H]4NC(C)=O)[C@@H](O)[C@H](O[C@H]4O[C@H](CO)[C@@H](O[C@@H]5O[C@H](CO)[C@@H](O)[C@H](O)[C@H]5NC(C)=O)[C@H](O)[C@@H]4O[C@@H]4O[C@H](CO)[C@@H](O)[C@H](O)[C@H]4NC(C)=O)[C@@H]3O)[C@H](O)[C@H]2NC(C)=O)[C@@H](CO)O[C@H]1O. The van der Waals surface area contributed by atoms with E-state index in [1.54, 1.807) is 0 Å². The van der Waals surface area contributed by atoms with E-state index >= 15 is 0 Å². The van der Waals surface area contributed by atoms with Crippen LogP contribution in [0.25, 0.3) is 0 Å². The first kappa shape index (κ1) is 114. The number of aliphatic hydroxyl groups is 28. The Morgan fingerprint density at radius 2 is 0.446 bits per heavy atom. The quantitative estimate of drug-likeness (QED) is 0.0277. The van der Waals surface area contributed by atoms with Gasteiger partial charge < -0.3 is 274 Å². The van der Waals surface area contributed by atoms with Crippen LogP contribution in [-0.4, -0.2) is 582 Å². The molecule has 0 aromatic heterocycles. The monoisotopic (exact) mass is 2030 g/mol. The highest BCUT2D eigenvalue weighted by Crippen LogP contribution is 2.42. The lowest BCUT2D eigenvalue weighted by Gasteiger charge is -2.52. The van der Waals surface area contributed by atoms with E-state index in [0.29, 0.717) is 0 Å². The van der Waals surface area contributed by atoms with Crippen LogP contribution >= 0.6 is 0 Å². The standard InChI is InChI=1S/C78H130N6O55/c1-18-41(99)54(112)57(115)74(121-18)139-66-55(113)45(103)28(11-88)126-77(66)135-62-31(14-91)128-73(40(53(62)111)84-24(7)98)137-65-56(114)46(104)33(16-119-69-36(80-20(3)94)48(106)42(100)25(8-85)123-69)131-76(65)120-17-34-47(105)64(59(117)75(130-34)134-61-30(13-90)127-72(39(52(61)110)83-23(6)97)132-60-29(12-89)122-68(118)35(51(60)109)79-19(2)93)136-78-67(138-71-38(82-22(5)96)50(108)44(102)27(10-87)125-71)58(116)63(32(15-92)129-78)133-70-37(81-21(4)95)49(107)43(101)26(9-86)124-70/h18,25-78,85-92,99-118H,8-17H2,1-7H3,(H,79,93)(H,80,94)(H,81,95)(H,82,96)(H,83,97)(H,84,98)/t18-,25+,26+,27+,28+,29+,30+,31+,32+,33+,34+,35+,36+,37+,38+,39+,40+,41+,42+,43+,44+,45-,46+,47+,48+,49+,50+,51+,52+,53+,54+,55-,56-,57-,58-,59-,60+,61+,62+,63+,64-,65-,66+,67-,68+,69+,70-,71-,72-,73-,74-,75-,76-,77-,78+/m0/s1. The summed E-state index contributed by atoms with van der Waals surface area (Å²) in [5.74, 6) is -5.63. The van der Waals surface area contributed by atoms with E-state index in [4.69, 9.17) is 99.5 Å². The summed E-state index contributed by atoms with van der Waals surface area (Å²) in [5.41, 5.74) is 0. The first-order valence-electron chi connectivity index (χ1n) is 44.5. The van der Waals surface area contributed by atoms with Crippen molar-refractivity contribution in [3.8, 4) is 0 Å². The van der Waals surface area contributed by atoms with Crippen molar-refractivity contribution in [3.63, 3.8) is 0 Å². The highest BCUT2D eigenvalue weighted by molar-refractivity contribution is 5.75. The molecule has 11 heterocycles. The van der Waals surface area contributed by atoms with Gasteiger partial charge in [-0.05, 0) is 6.92 Å². The van der Waals surface area contributed by atoms with E-state index in [1.165, 1.54) is 6.92 Å². The van der Waals surface area contributed by atoms with Gasteiger partial charge in [0.2, 0.25) is 35.4 Å². The van der Waals surface area contributed by atoms with Crippen LogP contribution in [0.2, 0.25) is 0 Å². The number of nitrogens with one attached hydrogen (secondary N) is 6. The largest absolute Gasteiger partial charge is 0.394 e. The van der Waals surface area contributed by atoms with Gasteiger partial charge in [0.1, 0.15) is 262 Å². The maximum Gasteiger partial charge on any atom is 0.217 e. The summed E-state index contributed by atoms with van der Waals surface area (Å²) < 4.78 is 128. The number of ether oxygens (including phenoxy) is 21. The number of hydrogen-bond acceptors (Lipinski definition) is 55. The van der Waals surface area contributed by atoms with Crippen molar-refractivity contribution >= 4 is 35.4 Å². The molecule has 0 radical (unpaired) electrons. The summed E-state index contributed by atoms with van der Waals surface area (Å²) >= 11 is 0. The first-order chi connectivity index (χ1) is 65.7. The van der Waals surface area contributed by atoms with Gasteiger partial charge in [-0.3, -0.25) is 28.8 Å². The van der Waals surface area contributed by atoms with Gasteiger partial charge >= 0.3 is 0 Å². The average molecular weight is 2030 g/mol. The van der Waals surface area contributed by atoms with E-state index in [-0.39, 0.29) is 0 Å². The Morgan fingerprint density at radius 3 is 0.849 bits per heavy atom. The van der Waals surface area contributed by atoms with Gasteiger partial charge in [-0.1, -0.05) is 0 Å². The fourth-order valence-electron chi connectivity index (χ4n) is 18.1. The second-order valence-corrected chi connectivity index (χ2v) is 35.3. The van der Waals surface area contributed by atoms with Crippen LogP contribution in [0.15, 0.2) is 0 Å². The maximum atomic E-state index is 13.4. The van der Waals surface area contributed by atoms with Crippen molar-refractivity contribution in [2.24, 2.45) is 0 Å². The number of carbonyl (C=O) groups is 6. The molecule has 0 bridgehead atoms. The Morgan fingerprint density at radius 1 is 0.201 bits per heavy atom. The molecule has 0 unspecified atom stereocenters. The van der Waals surface area contributed by atoms with E-state index in [2.05, 4.69) is 31.9 Å². The molecule has 802 valence electrons. The van der Waals surface area contributed by atoms with Crippen molar-refractivity contribution in [3.05, 3.63) is 0 Å². The molecule has 0 saturated carbocycles. The highest BCUT2D eigenvalue weighted by Gasteiger charge is 2.63. The van der Waals surface area contributed by atoms with E-state index in [0.717, 1.165) is 41.5 Å². The third-order valence-corrected chi connectivity index (χ3v) is 25.3. The number of carbonyl (C=O) groups excluding carboxylic acids is 6. The van der Waals surface area contributed by atoms with Crippen LogP contribution in [-0.2, 0) is 128 Å². The molecule has 34 N–H and O–H groups in total. The van der Waals surface area contributed by atoms with Crippen molar-refractivity contribution in [1.29, 1.82) is 0 Å². The number of amides is 6. The number of hydrogen-bond donors (Lipinski definition) is 34. The molecule has 6 amide bonds. The smallest absolute Gasteiger partial charge is 0.217 e. The minimum absolute atomic E-state index is 0.830. The summed E-state index contributed by atoms with van der Waals surface area (Å²) in [4.78, 5) is 77.3. The third kappa shape index (κ3) is 25.8. The molecule has 11 saturated heterocycles. The van der Waals surface area contributed by atoms with Crippen molar-refractivity contribution in [1.82, 2.24) is 31.9 Å². The van der Waals surface area contributed by atoms with Crippen LogP contribution in [0, 0.1) is 0 Å². The van der Waals surface area contributed by atoms with Crippen molar-refractivity contribution in [2.45, 2.75) is 386 Å². The van der Waals surface area contributed by atoms with Gasteiger partial charge in [0.15, 0.2) is 69.2 Å². The predicted molar refractivity (Wildman–Crippen MR) is 430 cm³/mol. The van der Waals surface area contributed by atoms with E-state index in [9.17, 15) is 172 Å². The molecule has 11 aliphatic rings. The van der Waals surface area contributed by atoms with Gasteiger partial charge in [0.05, 0.1) is 72.2 Å². The number of rotatable bonds is 36. The fourth-order valence-corrected chi connectivity index (χ4v) is 18.1. The zero-order chi connectivity index (χ0) is 102. The lowest BCUT2D eigenvalue weighted by molar-refractivity contribution is -0.403. The molecule has 11 fully saturated rings. The Labute approximate surface area is 788 Å². The van der Waals surface area contributed by atoms with Gasteiger partial charge in [0.25, 0.3) is 0 Å². The fraction of sp³-hybridized carbons (Fsp3) is 0.923. The molecule has 11 rings (SSSR count). The number of aliphatic hydroxyl groups excluding tert-OH is 28. The molecule has 0 aromatic rings. The van der Waals surface area contributed by atoms with Crippen LogP contribution in [0.1, 0.15) is 48.5 Å². The Bertz CT molecular complexity index is 3900. The second kappa shape index (κ2) is 50.0. The Hall–Kier alpha value is -5.14. The van der Waals surface area contributed by atoms with Crippen LogP contribution in [0.5, 0.6) is 0 Å². The first-order valence-corrected chi connectivity index (χ1v) is 44.5. The molecule has 61 nitrogen and oxygen atoms in total. The Kier molecular flexibility index (Phi) is 41.1. The predicted octanol–water partition coefficient (Wildman–Crippen LogP) is -23.1. The third-order valence-electron chi connectivity index (χ3n) is 25.3. The van der Waals surface area contributed by atoms with Gasteiger partial charge in [-0.2, -0.15) is 0 Å². The molecular weight excluding hydrogens is 1900 g/mol. The average Bonchev–Trinajstić information content (AvgIpc) is 0.760. The maximum absolute atomic E-state index is 13.4. The summed E-state index contributed by atoms with van der Waals surface area (Å²) in [7, 11) is 0. The minimum Gasteiger partial charge on any atom is -0.394 e.